The first kappa shape index (κ1) is 15.1. The van der Waals surface area contributed by atoms with Crippen molar-refractivity contribution in [2.45, 2.75) is 33.9 Å². The maximum absolute atomic E-state index is 11.0. The Morgan fingerprint density at radius 2 is 1.88 bits per heavy atom. The lowest BCUT2D eigenvalue weighted by atomic mass is 10.4. The van der Waals surface area contributed by atoms with E-state index in [1.807, 2.05) is 6.92 Å². The van der Waals surface area contributed by atoms with Crippen molar-refractivity contribution < 1.29 is 14.3 Å². The Kier molecular flexibility index (Phi) is 7.85. The molecule has 0 fully saturated rings. The molecule has 1 unspecified atom stereocenters. The first-order valence-corrected chi connectivity index (χ1v) is 5.71. The van der Waals surface area contributed by atoms with E-state index in [-0.39, 0.29) is 18.8 Å². The molecule has 1 atom stereocenters. The number of ether oxygens (including phenoxy) is 2. The van der Waals surface area contributed by atoms with E-state index in [9.17, 15) is 4.79 Å². The summed E-state index contributed by atoms with van der Waals surface area (Å²) in [6, 6.07) is 0. The molecule has 0 radical (unpaired) electrons. The topological polar surface area (TPSA) is 38.8 Å². The zero-order chi connectivity index (χ0) is 12.6. The van der Waals surface area contributed by atoms with Crippen LogP contribution in [0.15, 0.2) is 12.2 Å². The van der Waals surface area contributed by atoms with Crippen LogP contribution in [0.5, 0.6) is 0 Å². The number of nitrogens with zero attached hydrogens (tertiary/aromatic N) is 1. The highest BCUT2D eigenvalue weighted by molar-refractivity contribution is 5.86. The molecular weight excluding hydrogens is 206 g/mol. The van der Waals surface area contributed by atoms with Crippen molar-refractivity contribution in [3.63, 3.8) is 0 Å². The first-order chi connectivity index (χ1) is 7.52. The summed E-state index contributed by atoms with van der Waals surface area (Å²) in [7, 11) is 0. The average Bonchev–Trinajstić information content (AvgIpc) is 2.25. The molecule has 0 rings (SSSR count). The number of esters is 1. The first-order valence-electron chi connectivity index (χ1n) is 5.71. The molecule has 0 aromatic rings. The summed E-state index contributed by atoms with van der Waals surface area (Å²) in [6.45, 7) is 13.9. The zero-order valence-corrected chi connectivity index (χ0v) is 10.8. The van der Waals surface area contributed by atoms with E-state index in [4.69, 9.17) is 9.47 Å². The molecule has 0 aliphatic carbocycles. The summed E-state index contributed by atoms with van der Waals surface area (Å²) < 4.78 is 10.5. The van der Waals surface area contributed by atoms with Gasteiger partial charge in [0.05, 0.1) is 6.61 Å². The van der Waals surface area contributed by atoms with Gasteiger partial charge in [0.25, 0.3) is 0 Å². The lowest BCUT2D eigenvalue weighted by molar-refractivity contribution is -0.142. The van der Waals surface area contributed by atoms with E-state index in [0.717, 1.165) is 13.1 Å². The molecule has 0 saturated carbocycles. The second-order valence-electron chi connectivity index (χ2n) is 3.61. The van der Waals surface area contributed by atoms with Gasteiger partial charge in [0.2, 0.25) is 0 Å². The van der Waals surface area contributed by atoms with Crippen LogP contribution in [0.1, 0.15) is 27.7 Å². The SMILES string of the molecule is C=C(C)C(=O)OCCOC(C)N(CC)CC. The average molecular weight is 229 g/mol. The van der Waals surface area contributed by atoms with Crippen LogP contribution in [-0.4, -0.2) is 43.4 Å². The maximum Gasteiger partial charge on any atom is 0.333 e. The van der Waals surface area contributed by atoms with E-state index in [1.165, 1.54) is 0 Å². The Balaban J connectivity index is 3.66. The molecule has 0 aromatic carbocycles. The lowest BCUT2D eigenvalue weighted by Gasteiger charge is -2.26. The highest BCUT2D eigenvalue weighted by Crippen LogP contribution is 2.00. The van der Waals surface area contributed by atoms with Crippen molar-refractivity contribution in [1.82, 2.24) is 4.90 Å². The van der Waals surface area contributed by atoms with Crippen LogP contribution < -0.4 is 0 Å². The Hall–Kier alpha value is -0.870. The Bertz CT molecular complexity index is 224. The largest absolute Gasteiger partial charge is 0.460 e. The summed E-state index contributed by atoms with van der Waals surface area (Å²) >= 11 is 0. The van der Waals surface area contributed by atoms with Crippen LogP contribution >= 0.6 is 0 Å². The fourth-order valence-corrected chi connectivity index (χ4v) is 1.32. The quantitative estimate of drug-likeness (QED) is 0.275. The minimum absolute atomic E-state index is 0.0542. The third-order valence-corrected chi connectivity index (χ3v) is 2.35. The minimum atomic E-state index is -0.362. The number of carbonyl (C=O) groups excluding carboxylic acids is 1. The van der Waals surface area contributed by atoms with Gasteiger partial charge in [-0.25, -0.2) is 4.79 Å². The Morgan fingerprint density at radius 3 is 2.31 bits per heavy atom. The molecule has 0 heterocycles. The van der Waals surface area contributed by atoms with Crippen molar-refractivity contribution in [2.75, 3.05) is 26.3 Å². The monoisotopic (exact) mass is 229 g/mol. The Morgan fingerprint density at radius 1 is 1.31 bits per heavy atom. The highest BCUT2D eigenvalue weighted by atomic mass is 16.6. The lowest BCUT2D eigenvalue weighted by Crippen LogP contribution is -2.35. The molecule has 0 N–H and O–H groups in total. The van der Waals surface area contributed by atoms with Crippen molar-refractivity contribution >= 4 is 5.97 Å². The van der Waals surface area contributed by atoms with Gasteiger partial charge < -0.3 is 9.47 Å². The van der Waals surface area contributed by atoms with Gasteiger partial charge in [-0.2, -0.15) is 0 Å². The van der Waals surface area contributed by atoms with E-state index in [0.29, 0.717) is 12.2 Å². The van der Waals surface area contributed by atoms with E-state index >= 15 is 0 Å². The number of hydrogen-bond donors (Lipinski definition) is 0. The second kappa shape index (κ2) is 8.30. The maximum atomic E-state index is 11.0. The Labute approximate surface area is 98.2 Å². The molecule has 0 amide bonds. The zero-order valence-electron chi connectivity index (χ0n) is 10.8. The smallest absolute Gasteiger partial charge is 0.333 e. The van der Waals surface area contributed by atoms with Gasteiger partial charge in [0.1, 0.15) is 12.8 Å². The molecule has 0 spiro atoms. The van der Waals surface area contributed by atoms with Gasteiger partial charge in [0, 0.05) is 5.57 Å². The van der Waals surface area contributed by atoms with E-state index < -0.39 is 0 Å². The molecule has 0 aromatic heterocycles. The molecule has 0 aliphatic heterocycles. The fourth-order valence-electron chi connectivity index (χ4n) is 1.32. The molecule has 94 valence electrons. The van der Waals surface area contributed by atoms with Gasteiger partial charge in [-0.05, 0) is 26.9 Å². The van der Waals surface area contributed by atoms with Crippen molar-refractivity contribution in [2.24, 2.45) is 0 Å². The molecule has 0 aliphatic rings. The van der Waals surface area contributed by atoms with Crippen LogP contribution in [0.25, 0.3) is 0 Å². The summed E-state index contributed by atoms with van der Waals surface area (Å²) in [5.74, 6) is -0.362. The number of hydrogen-bond acceptors (Lipinski definition) is 4. The summed E-state index contributed by atoms with van der Waals surface area (Å²) in [4.78, 5) is 13.2. The van der Waals surface area contributed by atoms with Crippen molar-refractivity contribution in [1.29, 1.82) is 0 Å². The van der Waals surface area contributed by atoms with E-state index in [1.54, 1.807) is 6.92 Å². The normalized spacial score (nSPS) is 12.6. The number of rotatable bonds is 8. The molecular formula is C12H23NO3. The van der Waals surface area contributed by atoms with Crippen LogP contribution in [0, 0.1) is 0 Å². The predicted molar refractivity (Wildman–Crippen MR) is 64.1 cm³/mol. The van der Waals surface area contributed by atoms with Gasteiger partial charge in [0.15, 0.2) is 0 Å². The fraction of sp³-hybridized carbons (Fsp3) is 0.750. The van der Waals surface area contributed by atoms with Crippen LogP contribution in [0.3, 0.4) is 0 Å². The van der Waals surface area contributed by atoms with Crippen LogP contribution in [-0.2, 0) is 14.3 Å². The predicted octanol–water partition coefficient (Wildman–Crippen LogP) is 1.81. The molecule has 4 nitrogen and oxygen atoms in total. The summed E-state index contributed by atoms with van der Waals surface area (Å²) in [5, 5.41) is 0. The van der Waals surface area contributed by atoms with Crippen molar-refractivity contribution in [3.05, 3.63) is 12.2 Å². The number of carbonyl (C=O) groups is 1. The molecule has 4 heteroatoms. The van der Waals surface area contributed by atoms with Gasteiger partial charge in [-0.3, -0.25) is 4.90 Å². The minimum Gasteiger partial charge on any atom is -0.460 e. The second-order valence-corrected chi connectivity index (χ2v) is 3.61. The molecule has 0 saturated heterocycles. The van der Waals surface area contributed by atoms with Crippen LogP contribution in [0.4, 0.5) is 0 Å². The third kappa shape index (κ3) is 5.88. The molecule has 16 heavy (non-hydrogen) atoms. The molecule has 0 bridgehead atoms. The van der Waals surface area contributed by atoms with Crippen molar-refractivity contribution in [3.8, 4) is 0 Å². The van der Waals surface area contributed by atoms with Gasteiger partial charge in [-0.15, -0.1) is 0 Å². The van der Waals surface area contributed by atoms with E-state index in [2.05, 4.69) is 25.3 Å². The third-order valence-electron chi connectivity index (χ3n) is 2.35. The summed E-state index contributed by atoms with van der Waals surface area (Å²) in [5.41, 5.74) is 0.414. The van der Waals surface area contributed by atoms with Gasteiger partial charge in [-0.1, -0.05) is 20.4 Å². The standard InChI is InChI=1S/C12H23NO3/c1-6-13(7-2)11(5)15-8-9-16-12(14)10(3)4/h11H,3,6-9H2,1-2,4-5H3. The highest BCUT2D eigenvalue weighted by Gasteiger charge is 2.10. The summed E-state index contributed by atoms with van der Waals surface area (Å²) in [6.07, 6.45) is 0.0542. The van der Waals surface area contributed by atoms with Crippen LogP contribution in [0.2, 0.25) is 0 Å². The van der Waals surface area contributed by atoms with Gasteiger partial charge >= 0.3 is 5.97 Å².